The van der Waals surface area contributed by atoms with Crippen molar-refractivity contribution in [3.05, 3.63) is 34.3 Å². The van der Waals surface area contributed by atoms with Gasteiger partial charge >= 0.3 is 0 Å². The van der Waals surface area contributed by atoms with E-state index in [-0.39, 0.29) is 24.2 Å². The predicted molar refractivity (Wildman–Crippen MR) is 106 cm³/mol. The Morgan fingerprint density at radius 1 is 1.24 bits per heavy atom. The van der Waals surface area contributed by atoms with Gasteiger partial charge in [-0.25, -0.2) is 0 Å². The number of nitrogens with zero attached hydrogens (tertiary/aromatic N) is 1. The number of carbonyl (C=O) groups is 2. The van der Waals surface area contributed by atoms with Crippen LogP contribution in [0.5, 0.6) is 0 Å². The van der Waals surface area contributed by atoms with Gasteiger partial charge in [0, 0.05) is 25.1 Å². The number of carbonyl (C=O) groups excluding carboxylic acids is 2. The molecule has 1 aliphatic carbocycles. The molecule has 5 nitrogen and oxygen atoms in total. The third-order valence-electron chi connectivity index (χ3n) is 4.92. The zero-order chi connectivity index (χ0) is 18.0. The third kappa shape index (κ3) is 4.74. The first-order valence-corrected chi connectivity index (χ1v) is 9.03. The molecule has 0 spiro atoms. The summed E-state index contributed by atoms with van der Waals surface area (Å²) in [6.45, 7) is 2.03. The Balaban J connectivity index is 0.00000312. The first kappa shape index (κ1) is 21.9. The molecule has 0 aromatic heterocycles. The Bertz CT molecular complexity index is 611. The zero-order valence-electron chi connectivity index (χ0n) is 15.0. The lowest BCUT2D eigenvalue weighted by atomic mass is 9.84. The van der Waals surface area contributed by atoms with Gasteiger partial charge in [0.2, 0.25) is 11.8 Å². The Hall–Kier alpha value is -1.11. The van der Waals surface area contributed by atoms with Gasteiger partial charge in [0.15, 0.2) is 0 Å². The van der Waals surface area contributed by atoms with Gasteiger partial charge in [-0.05, 0) is 37.5 Å². The smallest absolute Gasteiger partial charge is 0.244 e. The Kier molecular flexibility index (Phi) is 7.47. The van der Waals surface area contributed by atoms with Crippen LogP contribution >= 0.6 is 28.3 Å². The summed E-state index contributed by atoms with van der Waals surface area (Å²) in [4.78, 5) is 26.9. The van der Waals surface area contributed by atoms with Crippen LogP contribution in [0.4, 0.5) is 0 Å². The van der Waals surface area contributed by atoms with Gasteiger partial charge in [0.05, 0.1) is 5.41 Å². The van der Waals surface area contributed by atoms with Gasteiger partial charge in [0.1, 0.15) is 5.54 Å². The number of benzene rings is 1. The van der Waals surface area contributed by atoms with E-state index in [0.717, 1.165) is 35.7 Å². The van der Waals surface area contributed by atoms with E-state index < -0.39 is 11.0 Å². The minimum absolute atomic E-state index is 0. The molecule has 1 saturated carbocycles. The quantitative estimate of drug-likeness (QED) is 0.751. The summed E-state index contributed by atoms with van der Waals surface area (Å²) < 4.78 is 0.934. The number of halogens is 2. The van der Waals surface area contributed by atoms with Crippen LogP contribution in [0, 0.1) is 5.41 Å². The molecule has 140 valence electrons. The van der Waals surface area contributed by atoms with Crippen LogP contribution in [-0.4, -0.2) is 37.4 Å². The van der Waals surface area contributed by atoms with Crippen molar-refractivity contribution in [2.24, 2.45) is 11.1 Å². The summed E-state index contributed by atoms with van der Waals surface area (Å²) in [5, 5.41) is 2.93. The van der Waals surface area contributed by atoms with Gasteiger partial charge < -0.3 is 16.0 Å². The van der Waals surface area contributed by atoms with Crippen LogP contribution in [0.1, 0.15) is 38.2 Å². The summed E-state index contributed by atoms with van der Waals surface area (Å²) in [5.74, 6) is -0.176. The molecule has 1 aromatic rings. The molecule has 1 aromatic carbocycles. The fraction of sp³-hybridized carbons (Fsp3) is 0.556. The largest absolute Gasteiger partial charge is 0.353 e. The molecule has 3 N–H and O–H groups in total. The molecule has 2 rings (SSSR count). The Morgan fingerprint density at radius 2 is 1.76 bits per heavy atom. The molecule has 0 saturated heterocycles. The number of amides is 2. The lowest BCUT2D eigenvalue weighted by Gasteiger charge is -2.32. The van der Waals surface area contributed by atoms with Gasteiger partial charge in [-0.2, -0.15) is 0 Å². The van der Waals surface area contributed by atoms with Crippen LogP contribution in [0.25, 0.3) is 0 Å². The van der Waals surface area contributed by atoms with Gasteiger partial charge in [-0.1, -0.05) is 40.9 Å². The van der Waals surface area contributed by atoms with Crippen molar-refractivity contribution in [1.82, 2.24) is 10.2 Å². The van der Waals surface area contributed by atoms with Crippen molar-refractivity contribution in [3.63, 3.8) is 0 Å². The molecular formula is C18H27BrClN3O2. The van der Waals surface area contributed by atoms with E-state index in [2.05, 4.69) is 21.2 Å². The molecule has 25 heavy (non-hydrogen) atoms. The maximum atomic E-state index is 12.7. The third-order valence-corrected chi connectivity index (χ3v) is 5.45. The second kappa shape index (κ2) is 8.52. The summed E-state index contributed by atoms with van der Waals surface area (Å²) in [6, 6.07) is 7.39. The summed E-state index contributed by atoms with van der Waals surface area (Å²) >= 11 is 3.38. The summed E-state index contributed by atoms with van der Waals surface area (Å²) in [7, 11) is 3.53. The number of hydrogen-bond donors (Lipinski definition) is 2. The highest BCUT2D eigenvalue weighted by Gasteiger charge is 2.43. The van der Waals surface area contributed by atoms with Crippen molar-refractivity contribution >= 4 is 40.2 Å². The molecular weight excluding hydrogens is 406 g/mol. The number of hydrogen-bond acceptors (Lipinski definition) is 3. The van der Waals surface area contributed by atoms with Crippen molar-refractivity contribution in [1.29, 1.82) is 0 Å². The van der Waals surface area contributed by atoms with E-state index >= 15 is 0 Å². The lowest BCUT2D eigenvalue weighted by molar-refractivity contribution is -0.139. The fourth-order valence-electron chi connectivity index (χ4n) is 3.35. The maximum absolute atomic E-state index is 12.7. The molecule has 1 atom stereocenters. The molecule has 0 radical (unpaired) electrons. The average molecular weight is 433 g/mol. The molecule has 7 heteroatoms. The summed E-state index contributed by atoms with van der Waals surface area (Å²) in [6.07, 6.45) is 3.65. The van der Waals surface area contributed by atoms with Crippen molar-refractivity contribution in [2.45, 2.75) is 38.1 Å². The van der Waals surface area contributed by atoms with E-state index in [9.17, 15) is 9.59 Å². The van der Waals surface area contributed by atoms with Crippen LogP contribution < -0.4 is 11.1 Å². The van der Waals surface area contributed by atoms with E-state index in [4.69, 9.17) is 5.73 Å². The van der Waals surface area contributed by atoms with E-state index in [1.165, 1.54) is 0 Å². The molecule has 0 bridgehead atoms. The van der Waals surface area contributed by atoms with Crippen LogP contribution in [0.15, 0.2) is 28.7 Å². The molecule has 1 unspecified atom stereocenters. The normalized spacial score (nSPS) is 18.0. The van der Waals surface area contributed by atoms with E-state index in [0.29, 0.717) is 6.54 Å². The first-order chi connectivity index (χ1) is 11.2. The van der Waals surface area contributed by atoms with Gasteiger partial charge in [0.25, 0.3) is 0 Å². The Morgan fingerprint density at radius 3 is 2.24 bits per heavy atom. The lowest BCUT2D eigenvalue weighted by Crippen LogP contribution is -2.53. The molecule has 0 aliphatic heterocycles. The second-order valence-corrected chi connectivity index (χ2v) is 7.99. The van der Waals surface area contributed by atoms with Crippen molar-refractivity contribution < 1.29 is 9.59 Å². The summed E-state index contributed by atoms with van der Waals surface area (Å²) in [5.41, 5.74) is 5.38. The highest BCUT2D eigenvalue weighted by Crippen LogP contribution is 2.39. The second-order valence-electron chi connectivity index (χ2n) is 7.08. The maximum Gasteiger partial charge on any atom is 0.244 e. The fourth-order valence-corrected chi connectivity index (χ4v) is 3.62. The number of nitrogens with two attached hydrogens (primary N) is 1. The van der Waals surface area contributed by atoms with Crippen LogP contribution in [-0.2, 0) is 15.1 Å². The van der Waals surface area contributed by atoms with Crippen LogP contribution in [0.2, 0.25) is 0 Å². The SMILES string of the molecule is CN(C)C(=O)C1(CNC(=O)C(C)(N)c2ccc(Br)cc2)CCCC1.Cl. The van der Waals surface area contributed by atoms with Crippen molar-refractivity contribution in [2.75, 3.05) is 20.6 Å². The predicted octanol–water partition coefficient (Wildman–Crippen LogP) is 2.81. The topological polar surface area (TPSA) is 75.4 Å². The zero-order valence-corrected chi connectivity index (χ0v) is 17.4. The van der Waals surface area contributed by atoms with Gasteiger partial charge in [-0.15, -0.1) is 12.4 Å². The monoisotopic (exact) mass is 431 g/mol. The molecule has 1 fully saturated rings. The standard InChI is InChI=1S/C18H26BrN3O2.ClH/c1-17(20,13-6-8-14(19)9-7-13)15(23)21-12-18(10-4-5-11-18)16(24)22(2)3;/h6-9H,4-5,10-12,20H2,1-3H3,(H,21,23);1H. The van der Waals surface area contributed by atoms with Crippen molar-refractivity contribution in [3.8, 4) is 0 Å². The minimum Gasteiger partial charge on any atom is -0.353 e. The average Bonchev–Trinajstić information content (AvgIpc) is 3.02. The van der Waals surface area contributed by atoms with E-state index in [1.807, 2.05) is 24.3 Å². The van der Waals surface area contributed by atoms with Gasteiger partial charge in [-0.3, -0.25) is 9.59 Å². The van der Waals surface area contributed by atoms with Crippen LogP contribution in [0.3, 0.4) is 0 Å². The molecule has 2 amide bonds. The highest BCUT2D eigenvalue weighted by atomic mass is 79.9. The number of nitrogens with one attached hydrogen (secondary N) is 1. The Labute approximate surface area is 164 Å². The first-order valence-electron chi connectivity index (χ1n) is 8.24. The molecule has 1 aliphatic rings. The minimum atomic E-state index is -1.14. The van der Waals surface area contributed by atoms with E-state index in [1.54, 1.807) is 25.9 Å². The number of rotatable bonds is 5. The molecule has 0 heterocycles. The highest BCUT2D eigenvalue weighted by molar-refractivity contribution is 9.10.